The third-order valence-electron chi connectivity index (χ3n) is 2.51. The van der Waals surface area contributed by atoms with Crippen molar-refractivity contribution in [2.75, 3.05) is 6.54 Å². The normalized spacial score (nSPS) is 12.4. The topological polar surface area (TPSA) is 32.3 Å². The summed E-state index contributed by atoms with van der Waals surface area (Å²) in [6, 6.07) is 5.72. The number of benzene rings is 1. The van der Waals surface area contributed by atoms with E-state index in [-0.39, 0.29) is 6.04 Å². The number of hydrogen-bond donors (Lipinski definition) is 2. The molecule has 0 radical (unpaired) electrons. The molecule has 0 saturated heterocycles. The predicted molar refractivity (Wildman–Crippen MR) is 71.7 cm³/mol. The van der Waals surface area contributed by atoms with Crippen LogP contribution >= 0.6 is 15.9 Å². The lowest BCUT2D eigenvalue weighted by Crippen LogP contribution is -2.21. The Morgan fingerprint density at radius 2 is 2.31 bits per heavy atom. The summed E-state index contributed by atoms with van der Waals surface area (Å²) in [6.07, 6.45) is 3.77. The molecule has 2 nitrogen and oxygen atoms in total. The third-order valence-corrected chi connectivity index (χ3v) is 3.01. The molecular weight excluding hydrogens is 266 g/mol. The molecule has 0 aliphatic rings. The highest BCUT2D eigenvalue weighted by Gasteiger charge is 2.12. The van der Waals surface area contributed by atoms with Gasteiger partial charge in [-0.1, -0.05) is 28.9 Å². The first-order valence-corrected chi connectivity index (χ1v) is 6.31. The molecule has 0 fully saturated rings. The lowest BCUT2D eigenvalue weighted by Gasteiger charge is -2.18. The molecule has 0 aliphatic heterocycles. The predicted octanol–water partition coefficient (Wildman–Crippen LogP) is 3.77. The Balaban J connectivity index is 2.77. The van der Waals surface area contributed by atoms with E-state index in [4.69, 9.17) is 0 Å². The van der Waals surface area contributed by atoms with Crippen LogP contribution in [0.5, 0.6) is 5.75 Å². The first-order chi connectivity index (χ1) is 7.69. The summed E-state index contributed by atoms with van der Waals surface area (Å²) in [7, 11) is 0. The maximum absolute atomic E-state index is 9.81. The molecule has 2 N–H and O–H groups in total. The first kappa shape index (κ1) is 13.3. The van der Waals surface area contributed by atoms with Crippen molar-refractivity contribution in [1.29, 1.82) is 0 Å². The highest BCUT2D eigenvalue weighted by Crippen LogP contribution is 2.29. The Kier molecular flexibility index (Phi) is 5.56. The van der Waals surface area contributed by atoms with Crippen LogP contribution in [-0.4, -0.2) is 11.7 Å². The second-order valence-electron chi connectivity index (χ2n) is 3.70. The van der Waals surface area contributed by atoms with Crippen LogP contribution in [0.15, 0.2) is 35.3 Å². The van der Waals surface area contributed by atoms with Crippen molar-refractivity contribution in [2.45, 2.75) is 25.8 Å². The van der Waals surface area contributed by atoms with Crippen LogP contribution in [0.2, 0.25) is 0 Å². The maximum atomic E-state index is 9.81. The largest absolute Gasteiger partial charge is 0.508 e. The average Bonchev–Trinajstić information content (AvgIpc) is 2.28. The molecule has 0 aromatic heterocycles. The molecule has 1 atom stereocenters. The van der Waals surface area contributed by atoms with Gasteiger partial charge in [0.1, 0.15) is 5.75 Å². The molecule has 1 aromatic carbocycles. The minimum atomic E-state index is 0.192. The summed E-state index contributed by atoms with van der Waals surface area (Å²) in [5.74, 6) is 0.348. The first-order valence-electron chi connectivity index (χ1n) is 5.51. The van der Waals surface area contributed by atoms with E-state index in [1.807, 2.05) is 18.2 Å². The summed E-state index contributed by atoms with van der Waals surface area (Å²) in [6.45, 7) is 6.68. The van der Waals surface area contributed by atoms with Gasteiger partial charge in [-0.05, 0) is 37.6 Å². The van der Waals surface area contributed by atoms with E-state index >= 15 is 0 Å². The van der Waals surface area contributed by atoms with Gasteiger partial charge in [-0.25, -0.2) is 0 Å². The Labute approximate surface area is 106 Å². The van der Waals surface area contributed by atoms with E-state index in [0.717, 1.165) is 29.4 Å². The molecule has 0 amide bonds. The summed E-state index contributed by atoms with van der Waals surface area (Å²) in [5.41, 5.74) is 0.945. The second-order valence-corrected chi connectivity index (χ2v) is 4.61. The lowest BCUT2D eigenvalue weighted by molar-refractivity contribution is 0.442. The molecule has 0 heterocycles. The quantitative estimate of drug-likeness (QED) is 0.615. The van der Waals surface area contributed by atoms with Crippen LogP contribution in [0.4, 0.5) is 0 Å². The summed E-state index contributed by atoms with van der Waals surface area (Å²) in [5, 5.41) is 13.2. The maximum Gasteiger partial charge on any atom is 0.120 e. The molecule has 1 aromatic rings. The zero-order valence-corrected chi connectivity index (χ0v) is 11.1. The van der Waals surface area contributed by atoms with Crippen LogP contribution in [0.3, 0.4) is 0 Å². The highest BCUT2D eigenvalue weighted by atomic mass is 79.9. The third kappa shape index (κ3) is 3.65. The number of aromatic hydroxyl groups is 1. The number of phenolic OH excluding ortho intramolecular Hbond substituents is 1. The van der Waals surface area contributed by atoms with Gasteiger partial charge in [0, 0.05) is 16.1 Å². The van der Waals surface area contributed by atoms with Gasteiger partial charge in [-0.3, -0.25) is 0 Å². The fourth-order valence-corrected chi connectivity index (χ4v) is 2.02. The number of nitrogens with one attached hydrogen (secondary N) is 1. The Morgan fingerprint density at radius 3 is 2.94 bits per heavy atom. The molecule has 1 rings (SSSR count). The van der Waals surface area contributed by atoms with Gasteiger partial charge in [0.15, 0.2) is 0 Å². The van der Waals surface area contributed by atoms with E-state index in [1.54, 1.807) is 6.07 Å². The van der Waals surface area contributed by atoms with Crippen molar-refractivity contribution in [3.8, 4) is 5.75 Å². The van der Waals surface area contributed by atoms with Crippen LogP contribution in [0.1, 0.15) is 31.4 Å². The molecule has 0 bridgehead atoms. The van der Waals surface area contributed by atoms with Crippen molar-refractivity contribution < 1.29 is 5.11 Å². The molecule has 0 saturated carbocycles. The molecule has 0 aliphatic carbocycles. The summed E-state index contributed by atoms with van der Waals surface area (Å²) in [4.78, 5) is 0. The summed E-state index contributed by atoms with van der Waals surface area (Å²) < 4.78 is 0.990. The van der Waals surface area contributed by atoms with Crippen molar-refractivity contribution in [2.24, 2.45) is 0 Å². The van der Waals surface area contributed by atoms with Crippen molar-refractivity contribution in [3.63, 3.8) is 0 Å². The average molecular weight is 284 g/mol. The Bertz CT molecular complexity index is 352. The van der Waals surface area contributed by atoms with Gasteiger partial charge in [0.25, 0.3) is 0 Å². The lowest BCUT2D eigenvalue weighted by atomic mass is 10.0. The monoisotopic (exact) mass is 283 g/mol. The number of hydrogen-bond acceptors (Lipinski definition) is 2. The van der Waals surface area contributed by atoms with Crippen LogP contribution in [-0.2, 0) is 0 Å². The van der Waals surface area contributed by atoms with Crippen LogP contribution in [0, 0.1) is 0 Å². The SMILES string of the molecule is C=CCCNC(CC)c1cc(Br)ccc1O. The van der Waals surface area contributed by atoms with Gasteiger partial charge in [0.05, 0.1) is 0 Å². The molecule has 88 valence electrons. The molecule has 3 heteroatoms. The van der Waals surface area contributed by atoms with Gasteiger partial charge in [-0.15, -0.1) is 6.58 Å². The smallest absolute Gasteiger partial charge is 0.120 e. The standard InChI is InChI=1S/C13H18BrNO/c1-3-5-8-15-12(4-2)11-9-10(14)6-7-13(11)16/h3,6-7,9,12,15-16H,1,4-5,8H2,2H3. The van der Waals surface area contributed by atoms with Crippen LogP contribution < -0.4 is 5.32 Å². The molecule has 16 heavy (non-hydrogen) atoms. The zero-order valence-electron chi connectivity index (χ0n) is 9.54. The van der Waals surface area contributed by atoms with E-state index in [1.165, 1.54) is 0 Å². The van der Waals surface area contributed by atoms with Gasteiger partial charge in [0.2, 0.25) is 0 Å². The molecule has 0 spiro atoms. The number of rotatable bonds is 6. The molecular formula is C13H18BrNO. The van der Waals surface area contributed by atoms with Gasteiger partial charge < -0.3 is 10.4 Å². The number of halogens is 1. The van der Waals surface area contributed by atoms with E-state index in [2.05, 4.69) is 34.7 Å². The zero-order chi connectivity index (χ0) is 12.0. The fraction of sp³-hybridized carbons (Fsp3) is 0.385. The van der Waals surface area contributed by atoms with Crippen molar-refractivity contribution in [3.05, 3.63) is 40.9 Å². The highest BCUT2D eigenvalue weighted by molar-refractivity contribution is 9.10. The number of phenols is 1. The Hall–Kier alpha value is -0.800. The van der Waals surface area contributed by atoms with Crippen LogP contribution in [0.25, 0.3) is 0 Å². The minimum Gasteiger partial charge on any atom is -0.508 e. The van der Waals surface area contributed by atoms with Gasteiger partial charge >= 0.3 is 0 Å². The van der Waals surface area contributed by atoms with Crippen molar-refractivity contribution >= 4 is 15.9 Å². The fourth-order valence-electron chi connectivity index (χ4n) is 1.64. The Morgan fingerprint density at radius 1 is 1.56 bits per heavy atom. The van der Waals surface area contributed by atoms with E-state index in [0.29, 0.717) is 5.75 Å². The second kappa shape index (κ2) is 6.71. The summed E-state index contributed by atoms with van der Waals surface area (Å²) >= 11 is 3.42. The molecule has 1 unspecified atom stereocenters. The van der Waals surface area contributed by atoms with Crippen molar-refractivity contribution in [1.82, 2.24) is 5.32 Å². The minimum absolute atomic E-state index is 0.192. The van der Waals surface area contributed by atoms with Gasteiger partial charge in [-0.2, -0.15) is 0 Å². The van der Waals surface area contributed by atoms with E-state index < -0.39 is 0 Å². The van der Waals surface area contributed by atoms with E-state index in [9.17, 15) is 5.11 Å².